The summed E-state index contributed by atoms with van der Waals surface area (Å²) >= 11 is 0. The lowest BCUT2D eigenvalue weighted by Gasteiger charge is -2.27. The Hall–Kier alpha value is -2.31. The van der Waals surface area contributed by atoms with Gasteiger partial charge in [-0.15, -0.1) is 0 Å². The van der Waals surface area contributed by atoms with Crippen molar-refractivity contribution >= 4 is 0 Å². The van der Waals surface area contributed by atoms with Crippen LogP contribution < -0.4 is 15.0 Å². The fourth-order valence-electron chi connectivity index (χ4n) is 3.87. The van der Waals surface area contributed by atoms with Crippen molar-refractivity contribution in [1.29, 1.82) is 0 Å². The van der Waals surface area contributed by atoms with Gasteiger partial charge in [-0.3, -0.25) is 4.79 Å². The minimum Gasteiger partial charge on any atom is -0.496 e. The number of fused-ring (bicyclic) bond motifs is 3. The van der Waals surface area contributed by atoms with Crippen molar-refractivity contribution in [2.75, 3.05) is 33.5 Å². The summed E-state index contributed by atoms with van der Waals surface area (Å²) in [6.07, 6.45) is 0.710. The van der Waals surface area contributed by atoms with E-state index in [1.54, 1.807) is 13.2 Å². The van der Waals surface area contributed by atoms with Gasteiger partial charge in [0, 0.05) is 23.7 Å². The van der Waals surface area contributed by atoms with E-state index in [2.05, 4.69) is 12.1 Å². The Bertz CT molecular complexity index is 912. The first-order chi connectivity index (χ1) is 13.1. The van der Waals surface area contributed by atoms with E-state index >= 15 is 0 Å². The molecule has 0 amide bonds. The zero-order chi connectivity index (χ0) is 19.0. The van der Waals surface area contributed by atoms with Crippen molar-refractivity contribution in [3.63, 3.8) is 0 Å². The standard InChI is InChI=1S/C21H25NO5/c1-13-8-17-15(9-18(13)24-3)4-5-22-20(23)10-19(14(2)21(17)22)27-12-16-11-25-6-7-26-16/h8-10,16H,4-7,11-12H2,1-3H3. The maximum absolute atomic E-state index is 12.7. The highest BCUT2D eigenvalue weighted by Crippen LogP contribution is 2.37. The van der Waals surface area contributed by atoms with Crippen LogP contribution in [0.3, 0.4) is 0 Å². The molecule has 3 heterocycles. The molecule has 27 heavy (non-hydrogen) atoms. The molecule has 0 saturated carbocycles. The molecule has 2 aliphatic heterocycles. The second-order valence-electron chi connectivity index (χ2n) is 7.08. The minimum atomic E-state index is -0.101. The van der Waals surface area contributed by atoms with Gasteiger partial charge in [0.05, 0.1) is 32.6 Å². The molecule has 0 aliphatic carbocycles. The van der Waals surface area contributed by atoms with Crippen LogP contribution in [0, 0.1) is 13.8 Å². The van der Waals surface area contributed by atoms with Crippen molar-refractivity contribution in [1.82, 2.24) is 4.57 Å². The van der Waals surface area contributed by atoms with E-state index in [1.165, 1.54) is 5.56 Å². The maximum Gasteiger partial charge on any atom is 0.254 e. The summed E-state index contributed by atoms with van der Waals surface area (Å²) in [6.45, 7) is 6.78. The van der Waals surface area contributed by atoms with E-state index in [0.717, 1.165) is 34.6 Å². The molecular weight excluding hydrogens is 346 g/mol. The van der Waals surface area contributed by atoms with E-state index in [-0.39, 0.29) is 11.7 Å². The smallest absolute Gasteiger partial charge is 0.254 e. The fourth-order valence-corrected chi connectivity index (χ4v) is 3.87. The van der Waals surface area contributed by atoms with Crippen LogP contribution in [0.5, 0.6) is 11.5 Å². The lowest BCUT2D eigenvalue weighted by atomic mass is 9.92. The molecule has 0 spiro atoms. The number of methoxy groups -OCH3 is 1. The van der Waals surface area contributed by atoms with Gasteiger partial charge in [0.1, 0.15) is 24.2 Å². The van der Waals surface area contributed by atoms with Crippen LogP contribution in [0.25, 0.3) is 11.3 Å². The third-order valence-electron chi connectivity index (χ3n) is 5.31. The van der Waals surface area contributed by atoms with E-state index in [9.17, 15) is 4.79 Å². The normalized spacial score (nSPS) is 18.6. The summed E-state index contributed by atoms with van der Waals surface area (Å²) in [7, 11) is 1.68. The topological polar surface area (TPSA) is 58.9 Å². The van der Waals surface area contributed by atoms with Crippen LogP contribution >= 0.6 is 0 Å². The number of rotatable bonds is 4. The van der Waals surface area contributed by atoms with Crippen molar-refractivity contribution in [3.05, 3.63) is 45.2 Å². The first-order valence-corrected chi connectivity index (χ1v) is 9.33. The fraction of sp³-hybridized carbons (Fsp3) is 0.476. The summed E-state index contributed by atoms with van der Waals surface area (Å²) in [4.78, 5) is 12.7. The molecule has 2 aliphatic rings. The van der Waals surface area contributed by atoms with Crippen LogP contribution in [0.4, 0.5) is 0 Å². The molecule has 0 bridgehead atoms. The highest BCUT2D eigenvalue weighted by molar-refractivity contribution is 5.73. The number of aryl methyl sites for hydroxylation is 2. The Morgan fingerprint density at radius 2 is 2.04 bits per heavy atom. The van der Waals surface area contributed by atoms with Crippen LogP contribution in [-0.2, 0) is 22.4 Å². The highest BCUT2D eigenvalue weighted by atomic mass is 16.6. The number of hydrogen-bond donors (Lipinski definition) is 0. The molecule has 6 heteroatoms. The summed E-state index contributed by atoms with van der Waals surface area (Å²) in [5.41, 5.74) is 5.20. The third-order valence-corrected chi connectivity index (χ3v) is 5.31. The van der Waals surface area contributed by atoms with Crippen LogP contribution in [0.15, 0.2) is 23.0 Å². The second-order valence-corrected chi connectivity index (χ2v) is 7.08. The summed E-state index contributed by atoms with van der Waals surface area (Å²) in [6, 6.07) is 5.77. The Labute approximate surface area is 158 Å². The molecule has 6 nitrogen and oxygen atoms in total. The van der Waals surface area contributed by atoms with Crippen LogP contribution in [0.2, 0.25) is 0 Å². The molecule has 0 radical (unpaired) electrons. The average molecular weight is 371 g/mol. The lowest BCUT2D eigenvalue weighted by Crippen LogP contribution is -2.34. The monoisotopic (exact) mass is 371 g/mol. The Morgan fingerprint density at radius 3 is 2.78 bits per heavy atom. The van der Waals surface area contributed by atoms with E-state index in [4.69, 9.17) is 18.9 Å². The lowest BCUT2D eigenvalue weighted by molar-refractivity contribution is -0.101. The predicted molar refractivity (Wildman–Crippen MR) is 102 cm³/mol. The highest BCUT2D eigenvalue weighted by Gasteiger charge is 2.24. The molecule has 1 aromatic heterocycles. The van der Waals surface area contributed by atoms with Gasteiger partial charge in [-0.25, -0.2) is 0 Å². The molecule has 2 aromatic rings. The van der Waals surface area contributed by atoms with Gasteiger partial charge in [0.15, 0.2) is 0 Å². The maximum atomic E-state index is 12.7. The van der Waals surface area contributed by atoms with Crippen molar-refractivity contribution in [2.24, 2.45) is 0 Å². The largest absolute Gasteiger partial charge is 0.496 e. The minimum absolute atomic E-state index is 0.0365. The molecule has 4 rings (SSSR count). The first-order valence-electron chi connectivity index (χ1n) is 9.33. The number of nitrogens with zero attached hydrogens (tertiary/aromatic N) is 1. The zero-order valence-corrected chi connectivity index (χ0v) is 16.0. The van der Waals surface area contributed by atoms with Crippen molar-refractivity contribution in [2.45, 2.75) is 32.9 Å². The summed E-state index contributed by atoms with van der Waals surface area (Å²) in [5.74, 6) is 1.49. The molecule has 1 aromatic carbocycles. The Morgan fingerprint density at radius 1 is 1.19 bits per heavy atom. The van der Waals surface area contributed by atoms with E-state index in [0.29, 0.717) is 38.7 Å². The molecular formula is C21H25NO5. The van der Waals surface area contributed by atoms with Gasteiger partial charge >= 0.3 is 0 Å². The number of ether oxygens (including phenoxy) is 4. The Balaban J connectivity index is 1.72. The van der Waals surface area contributed by atoms with Gasteiger partial charge < -0.3 is 23.5 Å². The predicted octanol–water partition coefficient (Wildman–Crippen LogP) is 2.49. The van der Waals surface area contributed by atoms with Gasteiger partial charge in [-0.2, -0.15) is 0 Å². The molecule has 1 saturated heterocycles. The quantitative estimate of drug-likeness (QED) is 0.826. The van der Waals surface area contributed by atoms with E-state index < -0.39 is 0 Å². The SMILES string of the molecule is COc1cc2c(cc1C)-c1c(C)c(OCC3COCCO3)cc(=O)n1CC2. The van der Waals surface area contributed by atoms with Gasteiger partial charge in [-0.1, -0.05) is 0 Å². The van der Waals surface area contributed by atoms with Gasteiger partial charge in [0.25, 0.3) is 5.56 Å². The average Bonchev–Trinajstić information content (AvgIpc) is 2.69. The number of hydrogen-bond acceptors (Lipinski definition) is 5. The summed E-state index contributed by atoms with van der Waals surface area (Å²) < 4.78 is 24.3. The van der Waals surface area contributed by atoms with E-state index in [1.807, 2.05) is 18.4 Å². The molecule has 0 N–H and O–H groups in total. The van der Waals surface area contributed by atoms with Gasteiger partial charge in [-0.05, 0) is 43.5 Å². The Kier molecular flexibility index (Phi) is 4.93. The van der Waals surface area contributed by atoms with Crippen LogP contribution in [-0.4, -0.2) is 44.2 Å². The first kappa shape index (κ1) is 18.1. The zero-order valence-electron chi connectivity index (χ0n) is 16.0. The third kappa shape index (κ3) is 3.35. The molecule has 1 atom stereocenters. The van der Waals surface area contributed by atoms with Gasteiger partial charge in [0.2, 0.25) is 0 Å². The van der Waals surface area contributed by atoms with Crippen LogP contribution in [0.1, 0.15) is 16.7 Å². The van der Waals surface area contributed by atoms with Crippen molar-refractivity contribution in [3.8, 4) is 22.8 Å². The number of pyridine rings is 1. The second kappa shape index (κ2) is 7.37. The van der Waals surface area contributed by atoms with Crippen molar-refractivity contribution < 1.29 is 18.9 Å². The summed E-state index contributed by atoms with van der Waals surface area (Å²) in [5, 5.41) is 0. The molecule has 144 valence electrons. The molecule has 1 fully saturated rings. The number of benzene rings is 1. The number of aromatic nitrogens is 1. The molecule has 1 unspecified atom stereocenters.